The molecule has 2 aliphatic carbocycles. The molecule has 1 aromatic carbocycles. The van der Waals surface area contributed by atoms with Gasteiger partial charge in [-0.2, -0.15) is 0 Å². The smallest absolute Gasteiger partial charge is 0.307 e. The second kappa shape index (κ2) is 5.59. The van der Waals surface area contributed by atoms with Crippen LogP contribution in [-0.2, 0) is 14.4 Å². The van der Waals surface area contributed by atoms with Gasteiger partial charge in [-0.25, -0.2) is 10.9 Å². The summed E-state index contributed by atoms with van der Waals surface area (Å²) in [7, 11) is 0. The van der Waals surface area contributed by atoms with Crippen molar-refractivity contribution in [3.05, 3.63) is 29.8 Å². The Morgan fingerprint density at radius 2 is 1.79 bits per heavy atom. The van der Waals surface area contributed by atoms with Crippen molar-refractivity contribution in [1.29, 1.82) is 0 Å². The Balaban J connectivity index is 1.82. The number of rotatable bonds is 5. The molecule has 2 fully saturated rings. The summed E-state index contributed by atoms with van der Waals surface area (Å²) < 4.78 is 0. The summed E-state index contributed by atoms with van der Waals surface area (Å²) in [6.45, 7) is 1.91. The number of aliphatic carboxylic acids is 2. The van der Waals surface area contributed by atoms with Crippen molar-refractivity contribution in [2.45, 2.75) is 26.2 Å². The van der Waals surface area contributed by atoms with Crippen LogP contribution in [0.1, 0.15) is 24.8 Å². The van der Waals surface area contributed by atoms with E-state index in [1.54, 1.807) is 12.1 Å². The highest BCUT2D eigenvalue weighted by atomic mass is 16.4. The average Bonchev–Trinajstić information content (AvgIpc) is 3.00. The van der Waals surface area contributed by atoms with Crippen molar-refractivity contribution < 1.29 is 24.6 Å². The fraction of sp³-hybridized carbons (Fsp3) is 0.471. The largest absolute Gasteiger partial charge is 0.481 e. The molecule has 0 aromatic heterocycles. The second-order valence-electron chi connectivity index (χ2n) is 6.78. The van der Waals surface area contributed by atoms with E-state index >= 15 is 0 Å². The molecule has 4 unspecified atom stereocenters. The molecule has 128 valence electrons. The lowest BCUT2D eigenvalue weighted by Crippen LogP contribution is -2.41. The highest BCUT2D eigenvalue weighted by molar-refractivity contribution is 5.95. The first-order valence-corrected chi connectivity index (χ1v) is 7.89. The average molecular weight is 332 g/mol. The Morgan fingerprint density at radius 1 is 1.17 bits per heavy atom. The Hall–Kier alpha value is -2.41. The molecule has 0 bridgehead atoms. The normalized spacial score (nSPS) is 30.5. The maximum absolute atomic E-state index is 12.6. The Kier molecular flexibility index (Phi) is 3.83. The first-order chi connectivity index (χ1) is 11.3. The number of carbonyl (C=O) groups excluding carboxylic acids is 1. The molecule has 0 aliphatic heterocycles. The van der Waals surface area contributed by atoms with Crippen LogP contribution in [0.15, 0.2) is 24.3 Å². The van der Waals surface area contributed by atoms with Crippen LogP contribution in [0.3, 0.4) is 0 Å². The summed E-state index contributed by atoms with van der Waals surface area (Å²) >= 11 is 0. The van der Waals surface area contributed by atoms with E-state index in [1.807, 2.05) is 19.1 Å². The molecule has 7 nitrogen and oxygen atoms in total. The molecule has 0 saturated heterocycles. The molecule has 1 aromatic rings. The zero-order chi connectivity index (χ0) is 17.6. The van der Waals surface area contributed by atoms with Crippen LogP contribution in [-0.4, -0.2) is 28.1 Å². The highest BCUT2D eigenvalue weighted by Gasteiger charge is 2.76. The van der Waals surface area contributed by atoms with E-state index in [-0.39, 0.29) is 12.3 Å². The number of hydrogen-bond donors (Lipinski definition) is 3. The lowest BCUT2D eigenvalue weighted by atomic mass is 9.84. The van der Waals surface area contributed by atoms with E-state index in [9.17, 15) is 24.6 Å². The van der Waals surface area contributed by atoms with Crippen molar-refractivity contribution in [3.8, 4) is 0 Å². The number of aryl methyl sites for hydroxylation is 1. The van der Waals surface area contributed by atoms with Gasteiger partial charge in [-0.05, 0) is 37.8 Å². The summed E-state index contributed by atoms with van der Waals surface area (Å²) in [4.78, 5) is 35.5. The van der Waals surface area contributed by atoms with E-state index in [1.165, 1.54) is 0 Å². The van der Waals surface area contributed by atoms with Gasteiger partial charge in [0.2, 0.25) is 5.91 Å². The second-order valence-corrected chi connectivity index (χ2v) is 6.78. The van der Waals surface area contributed by atoms with Gasteiger partial charge in [-0.15, -0.1) is 0 Å². The summed E-state index contributed by atoms with van der Waals surface area (Å²) in [5, 5.41) is 19.8. The first-order valence-electron chi connectivity index (χ1n) is 7.89. The predicted octanol–water partition coefficient (Wildman–Crippen LogP) is 1.40. The van der Waals surface area contributed by atoms with Crippen LogP contribution >= 0.6 is 0 Å². The molecule has 2 aliphatic rings. The number of amides is 1. The molecule has 2 saturated carbocycles. The number of anilines is 1. The van der Waals surface area contributed by atoms with Crippen molar-refractivity contribution in [3.63, 3.8) is 0 Å². The third-order valence-corrected chi connectivity index (χ3v) is 5.58. The van der Waals surface area contributed by atoms with E-state index in [2.05, 4.69) is 0 Å². The maximum Gasteiger partial charge on any atom is 0.307 e. The van der Waals surface area contributed by atoms with Crippen LogP contribution in [0.4, 0.5) is 5.69 Å². The Bertz CT molecular complexity index is 701. The topological polar surface area (TPSA) is 121 Å². The Labute approximate surface area is 139 Å². The van der Waals surface area contributed by atoms with Gasteiger partial charge in [0, 0.05) is 11.8 Å². The molecular weight excluding hydrogens is 312 g/mol. The van der Waals surface area contributed by atoms with Crippen LogP contribution in [0, 0.1) is 30.1 Å². The summed E-state index contributed by atoms with van der Waals surface area (Å²) in [5.74, 6) is 1.51. The number of nitrogens with two attached hydrogens (primary N) is 1. The van der Waals surface area contributed by atoms with Gasteiger partial charge in [-0.1, -0.05) is 17.7 Å². The standard InChI is InChI=1S/C17H20N2O5/c1-9-2-4-10(5-3-9)19(18)13(20)8-17-11(14(17)16(23)24)6-7-12(17)15(21)22/h2-5,11-12,14H,6-8,18H2,1H3,(H,21,22)(H,23,24). The molecule has 4 atom stereocenters. The molecular formula is C17H20N2O5. The van der Waals surface area contributed by atoms with Crippen LogP contribution in [0.2, 0.25) is 0 Å². The van der Waals surface area contributed by atoms with E-state index in [0.29, 0.717) is 18.5 Å². The predicted molar refractivity (Wildman–Crippen MR) is 84.9 cm³/mol. The van der Waals surface area contributed by atoms with Crippen LogP contribution < -0.4 is 10.9 Å². The van der Waals surface area contributed by atoms with Gasteiger partial charge >= 0.3 is 11.9 Å². The molecule has 4 N–H and O–H groups in total. The molecule has 7 heteroatoms. The zero-order valence-electron chi connectivity index (χ0n) is 13.3. The number of benzene rings is 1. The first kappa shape index (κ1) is 16.4. The summed E-state index contributed by atoms with van der Waals surface area (Å²) in [5.41, 5.74) is 0.515. The highest BCUT2D eigenvalue weighted by Crippen LogP contribution is 2.73. The number of carbonyl (C=O) groups is 3. The fourth-order valence-corrected chi connectivity index (χ4v) is 4.38. The van der Waals surface area contributed by atoms with Gasteiger partial charge in [0.15, 0.2) is 0 Å². The van der Waals surface area contributed by atoms with Crippen LogP contribution in [0.25, 0.3) is 0 Å². The SMILES string of the molecule is Cc1ccc(N(N)C(=O)CC23C(C(=O)O)CCC2C3C(=O)O)cc1. The van der Waals surface area contributed by atoms with Crippen molar-refractivity contribution in [1.82, 2.24) is 0 Å². The lowest BCUT2D eigenvalue weighted by Gasteiger charge is -2.24. The fourth-order valence-electron chi connectivity index (χ4n) is 4.38. The third-order valence-electron chi connectivity index (χ3n) is 5.58. The number of carboxylic acids is 2. The van der Waals surface area contributed by atoms with Gasteiger partial charge in [0.25, 0.3) is 0 Å². The lowest BCUT2D eigenvalue weighted by molar-refractivity contribution is -0.146. The number of hydrazine groups is 1. The minimum absolute atomic E-state index is 0.157. The summed E-state index contributed by atoms with van der Waals surface area (Å²) in [6.07, 6.45) is 0.776. The monoisotopic (exact) mass is 332 g/mol. The molecule has 1 amide bonds. The van der Waals surface area contributed by atoms with Gasteiger partial charge < -0.3 is 10.2 Å². The Morgan fingerprint density at radius 3 is 2.29 bits per heavy atom. The van der Waals surface area contributed by atoms with E-state index in [0.717, 1.165) is 10.6 Å². The quantitative estimate of drug-likeness (QED) is 0.426. The molecule has 0 heterocycles. The number of fused-ring (bicyclic) bond motifs is 1. The molecule has 24 heavy (non-hydrogen) atoms. The molecule has 0 spiro atoms. The van der Waals surface area contributed by atoms with E-state index < -0.39 is 35.1 Å². The number of nitrogens with zero attached hydrogens (tertiary/aromatic N) is 1. The third kappa shape index (κ3) is 2.36. The minimum atomic E-state index is -1.03. The number of hydrogen-bond acceptors (Lipinski definition) is 4. The van der Waals surface area contributed by atoms with Crippen LogP contribution in [0.5, 0.6) is 0 Å². The molecule has 0 radical (unpaired) electrons. The van der Waals surface area contributed by atoms with Gasteiger partial charge in [0.1, 0.15) is 0 Å². The van der Waals surface area contributed by atoms with Crippen molar-refractivity contribution in [2.24, 2.45) is 29.0 Å². The van der Waals surface area contributed by atoms with Crippen molar-refractivity contribution >= 4 is 23.5 Å². The maximum atomic E-state index is 12.6. The van der Waals surface area contributed by atoms with Crippen molar-refractivity contribution in [2.75, 3.05) is 5.01 Å². The van der Waals surface area contributed by atoms with Gasteiger partial charge in [0.05, 0.1) is 17.5 Å². The minimum Gasteiger partial charge on any atom is -0.481 e. The van der Waals surface area contributed by atoms with Gasteiger partial charge in [-0.3, -0.25) is 14.4 Å². The summed E-state index contributed by atoms with van der Waals surface area (Å²) in [6, 6.07) is 7.04. The van der Waals surface area contributed by atoms with E-state index in [4.69, 9.17) is 5.84 Å². The number of carboxylic acid groups (broad SMARTS) is 2. The zero-order valence-corrected chi connectivity index (χ0v) is 13.3. The molecule has 3 rings (SSSR count).